The van der Waals surface area contributed by atoms with Crippen LogP contribution in [0, 0.1) is 0 Å². The number of carbonyl (C=O) groups is 1. The van der Waals surface area contributed by atoms with Gasteiger partial charge in [-0.25, -0.2) is 0 Å². The summed E-state index contributed by atoms with van der Waals surface area (Å²) >= 11 is 0. The summed E-state index contributed by atoms with van der Waals surface area (Å²) in [5, 5.41) is 31.8. The molecule has 170 valence electrons. The number of rotatable bonds is 14. The minimum atomic E-state index is -0.746. The molecule has 0 aliphatic rings. The smallest absolute Gasteiger partial charge is 0.186 e. The van der Waals surface area contributed by atoms with Gasteiger partial charge in [0.25, 0.3) is 0 Å². The number of aliphatic hydroxyl groups is 2. The van der Waals surface area contributed by atoms with Crippen molar-refractivity contribution >= 4 is 5.78 Å². The molecule has 0 amide bonds. The highest BCUT2D eigenvalue weighted by Crippen LogP contribution is 2.29. The summed E-state index contributed by atoms with van der Waals surface area (Å²) in [5.41, 5.74) is 1.79. The number of aromatic hydroxyl groups is 1. The minimum Gasteiger partial charge on any atom is -0.504 e. The second-order valence-electron chi connectivity index (χ2n) is 7.14. The molecular weight excluding hydrogens is 402 g/mol. The normalized spacial score (nSPS) is 11.7. The van der Waals surface area contributed by atoms with Gasteiger partial charge in [-0.1, -0.05) is 12.1 Å². The predicted molar refractivity (Wildman–Crippen MR) is 116 cm³/mol. The van der Waals surface area contributed by atoms with E-state index in [1.807, 2.05) is 6.07 Å². The van der Waals surface area contributed by atoms with Crippen LogP contribution in [0.5, 0.6) is 23.0 Å². The fourth-order valence-electron chi connectivity index (χ4n) is 3.12. The molecule has 0 spiro atoms. The Hall–Kier alpha value is -2.81. The molecule has 0 heterocycles. The quantitative estimate of drug-likeness (QED) is 0.335. The van der Waals surface area contributed by atoms with Crippen molar-refractivity contribution in [1.29, 1.82) is 0 Å². The lowest BCUT2D eigenvalue weighted by Crippen LogP contribution is -2.15. The summed E-state index contributed by atoms with van der Waals surface area (Å²) in [6.07, 6.45) is 1.13. The number of aliphatic hydroxyl groups excluding tert-OH is 2. The summed E-state index contributed by atoms with van der Waals surface area (Å²) in [5.74, 6) is 1.33. The van der Waals surface area contributed by atoms with Gasteiger partial charge in [-0.15, -0.1) is 0 Å². The first kappa shape index (κ1) is 24.5. The molecule has 0 saturated carbocycles. The number of ether oxygens (including phenoxy) is 3. The van der Waals surface area contributed by atoms with E-state index in [2.05, 4.69) is 5.32 Å². The van der Waals surface area contributed by atoms with Crippen molar-refractivity contribution in [1.82, 2.24) is 5.32 Å². The molecule has 0 unspecified atom stereocenters. The van der Waals surface area contributed by atoms with Crippen molar-refractivity contribution in [2.75, 3.05) is 27.7 Å². The van der Waals surface area contributed by atoms with E-state index in [0.717, 1.165) is 11.1 Å². The zero-order valence-electron chi connectivity index (χ0n) is 18.0. The van der Waals surface area contributed by atoms with Crippen molar-refractivity contribution in [3.8, 4) is 23.0 Å². The van der Waals surface area contributed by atoms with E-state index in [0.29, 0.717) is 49.7 Å². The fraction of sp³-hybridized carbons (Fsp3) is 0.435. The van der Waals surface area contributed by atoms with Gasteiger partial charge in [0.1, 0.15) is 12.5 Å². The lowest BCUT2D eigenvalue weighted by atomic mass is 10.00. The SMILES string of the molecule is CNCOc1ccc(CC[C@@H](O)CC(=O)CCc2ccc(O)c(OC)c2)cc1OCO. The van der Waals surface area contributed by atoms with Crippen molar-refractivity contribution in [2.45, 2.75) is 38.2 Å². The lowest BCUT2D eigenvalue weighted by Gasteiger charge is -2.14. The summed E-state index contributed by atoms with van der Waals surface area (Å²) in [7, 11) is 3.23. The summed E-state index contributed by atoms with van der Waals surface area (Å²) in [6.45, 7) is -0.164. The molecule has 2 rings (SSSR count). The average Bonchev–Trinajstić information content (AvgIpc) is 2.76. The number of hydrogen-bond acceptors (Lipinski definition) is 8. The van der Waals surface area contributed by atoms with Crippen LogP contribution in [0.2, 0.25) is 0 Å². The molecule has 0 aliphatic heterocycles. The molecule has 0 radical (unpaired) electrons. The standard InChI is InChI=1S/C23H31NO7/c1-24-14-30-21-10-6-17(12-23(21)31-15-25)4-8-19(27)13-18(26)7-3-16-5-9-20(28)22(11-16)29-2/h5-6,9-12,19,24-25,27-28H,3-4,7-8,13-15H2,1-2H3/t19-/m1/s1. The number of nitrogens with one attached hydrogen (secondary N) is 1. The Labute approximate surface area is 182 Å². The van der Waals surface area contributed by atoms with E-state index >= 15 is 0 Å². The Morgan fingerprint density at radius 3 is 2.45 bits per heavy atom. The highest BCUT2D eigenvalue weighted by molar-refractivity contribution is 5.79. The maximum Gasteiger partial charge on any atom is 0.186 e. The first-order valence-corrected chi connectivity index (χ1v) is 10.2. The first-order valence-electron chi connectivity index (χ1n) is 10.2. The monoisotopic (exact) mass is 433 g/mol. The predicted octanol–water partition coefficient (Wildman–Crippen LogP) is 2.17. The largest absolute Gasteiger partial charge is 0.504 e. The minimum absolute atomic E-state index is 0.0281. The van der Waals surface area contributed by atoms with Crippen LogP contribution >= 0.6 is 0 Å². The van der Waals surface area contributed by atoms with E-state index in [1.54, 1.807) is 31.3 Å². The molecule has 0 fully saturated rings. The maximum absolute atomic E-state index is 12.2. The van der Waals surface area contributed by atoms with Crippen LogP contribution in [0.3, 0.4) is 0 Å². The molecule has 0 aromatic heterocycles. The lowest BCUT2D eigenvalue weighted by molar-refractivity contribution is -0.121. The molecule has 31 heavy (non-hydrogen) atoms. The Balaban J connectivity index is 1.82. The first-order chi connectivity index (χ1) is 15.0. The maximum atomic E-state index is 12.2. The van der Waals surface area contributed by atoms with Crippen LogP contribution in [-0.2, 0) is 17.6 Å². The van der Waals surface area contributed by atoms with Gasteiger partial charge < -0.3 is 29.5 Å². The van der Waals surface area contributed by atoms with Crippen molar-refractivity contribution in [3.05, 3.63) is 47.5 Å². The van der Waals surface area contributed by atoms with Crippen LogP contribution < -0.4 is 19.5 Å². The molecule has 2 aromatic carbocycles. The number of ketones is 1. The number of hydrogen-bond donors (Lipinski definition) is 4. The fourth-order valence-corrected chi connectivity index (χ4v) is 3.12. The van der Waals surface area contributed by atoms with Crippen molar-refractivity contribution < 1.29 is 34.3 Å². The molecule has 1 atom stereocenters. The second-order valence-corrected chi connectivity index (χ2v) is 7.14. The van der Waals surface area contributed by atoms with Crippen LogP contribution in [0.25, 0.3) is 0 Å². The van der Waals surface area contributed by atoms with E-state index in [4.69, 9.17) is 19.3 Å². The van der Waals surface area contributed by atoms with E-state index in [-0.39, 0.29) is 18.0 Å². The van der Waals surface area contributed by atoms with Crippen LogP contribution in [0.4, 0.5) is 0 Å². The summed E-state index contributed by atoms with van der Waals surface area (Å²) in [4.78, 5) is 12.2. The Bertz CT molecular complexity index is 841. The van der Waals surface area contributed by atoms with Crippen molar-refractivity contribution in [2.24, 2.45) is 0 Å². The van der Waals surface area contributed by atoms with E-state index in [9.17, 15) is 15.0 Å². The van der Waals surface area contributed by atoms with Crippen LogP contribution in [-0.4, -0.2) is 54.9 Å². The third-order valence-corrected chi connectivity index (χ3v) is 4.77. The molecular formula is C23H31NO7. The van der Waals surface area contributed by atoms with Gasteiger partial charge in [0.2, 0.25) is 0 Å². The highest BCUT2D eigenvalue weighted by Gasteiger charge is 2.13. The molecule has 8 heteroatoms. The number of phenols is 1. The Morgan fingerprint density at radius 2 is 1.74 bits per heavy atom. The van der Waals surface area contributed by atoms with Gasteiger partial charge in [-0.2, -0.15) is 0 Å². The topological polar surface area (TPSA) is 117 Å². The molecule has 4 N–H and O–H groups in total. The third-order valence-electron chi connectivity index (χ3n) is 4.77. The molecule has 2 aromatic rings. The number of benzene rings is 2. The Morgan fingerprint density at radius 1 is 1.03 bits per heavy atom. The number of methoxy groups -OCH3 is 1. The molecule has 0 saturated heterocycles. The number of Topliss-reactive ketones (excluding diaryl/α,β-unsaturated/α-hetero) is 1. The molecule has 0 bridgehead atoms. The van der Waals surface area contributed by atoms with Gasteiger partial charge in [0.05, 0.1) is 13.2 Å². The average molecular weight is 434 g/mol. The zero-order chi connectivity index (χ0) is 22.6. The van der Waals surface area contributed by atoms with E-state index < -0.39 is 12.9 Å². The molecule has 8 nitrogen and oxygen atoms in total. The highest BCUT2D eigenvalue weighted by atomic mass is 16.6. The van der Waals surface area contributed by atoms with Gasteiger partial charge in [0.15, 0.2) is 29.8 Å². The molecule has 0 aliphatic carbocycles. The number of phenolic OH excluding ortho intramolecular Hbond substituents is 1. The Kier molecular flexibility index (Phi) is 10.1. The van der Waals surface area contributed by atoms with Crippen LogP contribution in [0.15, 0.2) is 36.4 Å². The van der Waals surface area contributed by atoms with Gasteiger partial charge in [-0.3, -0.25) is 10.1 Å². The number of aryl methyl sites for hydroxylation is 2. The number of carbonyl (C=O) groups excluding carboxylic acids is 1. The van der Waals surface area contributed by atoms with Crippen molar-refractivity contribution in [3.63, 3.8) is 0 Å². The zero-order valence-corrected chi connectivity index (χ0v) is 18.0. The summed E-state index contributed by atoms with van der Waals surface area (Å²) in [6, 6.07) is 10.4. The van der Waals surface area contributed by atoms with Gasteiger partial charge in [-0.05, 0) is 61.7 Å². The van der Waals surface area contributed by atoms with Crippen LogP contribution in [0.1, 0.15) is 30.4 Å². The van der Waals surface area contributed by atoms with Gasteiger partial charge in [0, 0.05) is 12.8 Å². The van der Waals surface area contributed by atoms with Gasteiger partial charge >= 0.3 is 0 Å². The third kappa shape index (κ3) is 8.09. The second kappa shape index (κ2) is 12.8. The summed E-state index contributed by atoms with van der Waals surface area (Å²) < 4.78 is 15.8. The van der Waals surface area contributed by atoms with E-state index in [1.165, 1.54) is 13.2 Å².